The maximum atomic E-state index is 2.49. The van der Waals surface area contributed by atoms with Gasteiger partial charge in [0.05, 0.1) is 11.4 Å². The fraction of sp³-hybridized carbons (Fsp3) is 0.0476. The minimum atomic E-state index is -0.115. The highest BCUT2D eigenvalue weighted by atomic mass is 15.1. The Morgan fingerprint density at radius 2 is 0.656 bits per heavy atom. The van der Waals surface area contributed by atoms with Crippen LogP contribution in [-0.2, 0) is 5.41 Å². The van der Waals surface area contributed by atoms with E-state index in [9.17, 15) is 0 Å². The molecule has 1 aliphatic rings. The second kappa shape index (κ2) is 16.4. The molecule has 10 aromatic rings. The maximum absolute atomic E-state index is 2.49. The quantitative estimate of drug-likeness (QED) is 0.140. The number of rotatable bonds is 9. The number of anilines is 3. The van der Waals surface area contributed by atoms with Crippen LogP contribution in [0.1, 0.15) is 25.0 Å². The summed E-state index contributed by atoms with van der Waals surface area (Å²) >= 11 is 0. The summed E-state index contributed by atoms with van der Waals surface area (Å²) in [4.78, 5) is 2.49. The Labute approximate surface area is 377 Å². The molecule has 0 radical (unpaired) electrons. The van der Waals surface area contributed by atoms with Crippen molar-refractivity contribution >= 4 is 17.1 Å². The first-order chi connectivity index (χ1) is 31.5. The molecule has 0 N–H and O–H groups in total. The third-order valence-corrected chi connectivity index (χ3v) is 13.1. The highest BCUT2D eigenvalue weighted by Crippen LogP contribution is 2.54. The Hall–Kier alpha value is -8.00. The van der Waals surface area contributed by atoms with Crippen LogP contribution in [0.5, 0.6) is 0 Å². The Morgan fingerprint density at radius 1 is 0.266 bits per heavy atom. The first-order valence-corrected chi connectivity index (χ1v) is 22.3. The van der Waals surface area contributed by atoms with Crippen molar-refractivity contribution in [1.29, 1.82) is 0 Å². The Balaban J connectivity index is 1.12. The average molecular weight is 818 g/mol. The Morgan fingerprint density at radius 3 is 1.28 bits per heavy atom. The minimum absolute atomic E-state index is 0.115. The lowest BCUT2D eigenvalue weighted by Gasteiger charge is -2.31. The SMILES string of the molecule is CC1(C)c2ccccc2-c2c(-c3ccccc3N(c3ccc(-c4cccc(-c5ccccc5)c4)cc3)c3ccccc3-c3ccccc3-c3ccccc3-c3ccccc3)cccc21. The summed E-state index contributed by atoms with van der Waals surface area (Å²) < 4.78 is 0. The van der Waals surface area contributed by atoms with E-state index >= 15 is 0 Å². The van der Waals surface area contributed by atoms with E-state index in [1.54, 1.807) is 0 Å². The van der Waals surface area contributed by atoms with E-state index in [4.69, 9.17) is 0 Å². The number of fused-ring (bicyclic) bond motifs is 3. The van der Waals surface area contributed by atoms with Crippen molar-refractivity contribution in [2.75, 3.05) is 4.90 Å². The van der Waals surface area contributed by atoms with E-state index in [1.165, 1.54) is 83.5 Å². The van der Waals surface area contributed by atoms with Gasteiger partial charge >= 0.3 is 0 Å². The standard InChI is InChI=1S/C63H47N/c1-63(2)58-35-16-13-33-57(58)62-56(34-20-36-59(62)63)55-32-15-18-38-61(55)64(49-41-39-45(40-42-49)48-26-19-25-47(43-48)44-21-5-3-6-22-44)60-37-17-14-31-54(60)53-30-12-11-29-52(53)51-28-10-9-27-50(51)46-23-7-4-8-24-46/h3-43H,1-2H3. The molecule has 0 fully saturated rings. The lowest BCUT2D eigenvalue weighted by molar-refractivity contribution is 0.660. The van der Waals surface area contributed by atoms with E-state index in [-0.39, 0.29) is 5.41 Å². The Bertz CT molecular complexity index is 3290. The molecule has 0 bridgehead atoms. The lowest BCUT2D eigenvalue weighted by atomic mass is 9.82. The molecule has 0 spiro atoms. The number of benzene rings is 10. The van der Waals surface area contributed by atoms with E-state index in [2.05, 4.69) is 267 Å². The average Bonchev–Trinajstić information content (AvgIpc) is 3.61. The van der Waals surface area contributed by atoms with E-state index < -0.39 is 0 Å². The monoisotopic (exact) mass is 817 g/mol. The van der Waals surface area contributed by atoms with Crippen LogP contribution in [0.25, 0.3) is 77.9 Å². The van der Waals surface area contributed by atoms with Crippen LogP contribution in [0, 0.1) is 0 Å². The van der Waals surface area contributed by atoms with E-state index in [0.29, 0.717) is 0 Å². The van der Waals surface area contributed by atoms with Crippen molar-refractivity contribution in [2.24, 2.45) is 0 Å². The van der Waals surface area contributed by atoms with Crippen LogP contribution in [-0.4, -0.2) is 0 Å². The summed E-state index contributed by atoms with van der Waals surface area (Å²) in [6.45, 7) is 4.72. The minimum Gasteiger partial charge on any atom is -0.309 e. The number of nitrogens with zero attached hydrogens (tertiary/aromatic N) is 1. The van der Waals surface area contributed by atoms with Gasteiger partial charge in [-0.3, -0.25) is 0 Å². The molecule has 64 heavy (non-hydrogen) atoms. The molecule has 1 nitrogen and oxygen atoms in total. The predicted molar refractivity (Wildman–Crippen MR) is 271 cm³/mol. The molecule has 0 heterocycles. The molecule has 10 aromatic carbocycles. The fourth-order valence-electron chi connectivity index (χ4n) is 10.0. The van der Waals surface area contributed by atoms with Gasteiger partial charge in [0.2, 0.25) is 0 Å². The summed E-state index contributed by atoms with van der Waals surface area (Å²) in [5, 5.41) is 0. The van der Waals surface area contributed by atoms with Gasteiger partial charge in [-0.05, 0) is 108 Å². The molecule has 1 aliphatic carbocycles. The zero-order valence-corrected chi connectivity index (χ0v) is 36.1. The summed E-state index contributed by atoms with van der Waals surface area (Å²) in [6, 6.07) is 90.8. The van der Waals surface area contributed by atoms with Crippen LogP contribution < -0.4 is 4.90 Å². The highest BCUT2D eigenvalue weighted by molar-refractivity contribution is 6.02. The van der Waals surface area contributed by atoms with Gasteiger partial charge in [0.15, 0.2) is 0 Å². The van der Waals surface area contributed by atoms with E-state index in [1.807, 2.05) is 0 Å². The smallest absolute Gasteiger partial charge is 0.0540 e. The fourth-order valence-corrected chi connectivity index (χ4v) is 10.0. The number of hydrogen-bond donors (Lipinski definition) is 0. The molecule has 0 aromatic heterocycles. The molecule has 304 valence electrons. The van der Waals surface area contributed by atoms with Crippen molar-refractivity contribution < 1.29 is 0 Å². The van der Waals surface area contributed by atoms with Gasteiger partial charge in [0.1, 0.15) is 0 Å². The van der Waals surface area contributed by atoms with Gasteiger partial charge < -0.3 is 4.90 Å². The predicted octanol–water partition coefficient (Wildman–Crippen LogP) is 17.5. The molecule has 1 heteroatoms. The summed E-state index contributed by atoms with van der Waals surface area (Å²) in [5.74, 6) is 0. The second-order valence-corrected chi connectivity index (χ2v) is 17.2. The maximum Gasteiger partial charge on any atom is 0.0540 e. The van der Waals surface area contributed by atoms with Crippen LogP contribution in [0.3, 0.4) is 0 Å². The van der Waals surface area contributed by atoms with Crippen LogP contribution in [0.4, 0.5) is 17.1 Å². The Kier molecular flexibility index (Phi) is 9.94. The van der Waals surface area contributed by atoms with Crippen LogP contribution in [0.2, 0.25) is 0 Å². The third-order valence-electron chi connectivity index (χ3n) is 13.1. The van der Waals surface area contributed by atoms with E-state index in [0.717, 1.165) is 22.6 Å². The first kappa shape index (κ1) is 38.9. The van der Waals surface area contributed by atoms with Crippen LogP contribution in [0.15, 0.2) is 249 Å². The zero-order chi connectivity index (χ0) is 43.0. The largest absolute Gasteiger partial charge is 0.309 e. The third kappa shape index (κ3) is 6.83. The number of hydrogen-bond acceptors (Lipinski definition) is 1. The van der Waals surface area contributed by atoms with Crippen molar-refractivity contribution in [2.45, 2.75) is 19.3 Å². The molecular weight excluding hydrogens is 771 g/mol. The molecule has 0 saturated carbocycles. The summed E-state index contributed by atoms with van der Waals surface area (Å²) in [7, 11) is 0. The van der Waals surface area contributed by atoms with Crippen molar-refractivity contribution in [3.05, 3.63) is 260 Å². The van der Waals surface area contributed by atoms with Crippen molar-refractivity contribution in [3.8, 4) is 77.9 Å². The molecule has 0 aliphatic heterocycles. The molecule has 0 saturated heterocycles. The normalized spacial score (nSPS) is 12.3. The van der Waals surface area contributed by atoms with Crippen LogP contribution >= 0.6 is 0 Å². The molecule has 0 unspecified atom stereocenters. The molecule has 11 rings (SSSR count). The van der Waals surface area contributed by atoms with Gasteiger partial charge in [-0.1, -0.05) is 232 Å². The lowest BCUT2D eigenvalue weighted by Crippen LogP contribution is -2.15. The second-order valence-electron chi connectivity index (χ2n) is 17.2. The number of para-hydroxylation sites is 2. The van der Waals surface area contributed by atoms with Gasteiger partial charge in [0, 0.05) is 22.2 Å². The molecule has 0 atom stereocenters. The van der Waals surface area contributed by atoms with Gasteiger partial charge in [-0.2, -0.15) is 0 Å². The van der Waals surface area contributed by atoms with Gasteiger partial charge in [0.25, 0.3) is 0 Å². The van der Waals surface area contributed by atoms with Gasteiger partial charge in [-0.25, -0.2) is 0 Å². The summed E-state index contributed by atoms with van der Waals surface area (Å²) in [5.41, 5.74) is 22.9. The molecular formula is C63H47N. The van der Waals surface area contributed by atoms with Crippen molar-refractivity contribution in [3.63, 3.8) is 0 Å². The van der Waals surface area contributed by atoms with Gasteiger partial charge in [-0.15, -0.1) is 0 Å². The molecule has 0 amide bonds. The van der Waals surface area contributed by atoms with Crippen molar-refractivity contribution in [1.82, 2.24) is 0 Å². The zero-order valence-electron chi connectivity index (χ0n) is 36.1. The topological polar surface area (TPSA) is 3.24 Å². The first-order valence-electron chi connectivity index (χ1n) is 22.3. The highest BCUT2D eigenvalue weighted by Gasteiger charge is 2.37. The summed E-state index contributed by atoms with van der Waals surface area (Å²) in [6.07, 6.45) is 0.